The minimum absolute atomic E-state index is 0.195. The molecule has 0 aromatic heterocycles. The van der Waals surface area contributed by atoms with E-state index in [9.17, 15) is 14.7 Å². The number of aliphatic carboxylic acids is 1. The van der Waals surface area contributed by atoms with Crippen LogP contribution in [0.1, 0.15) is 18.9 Å². The second-order valence-electron chi connectivity index (χ2n) is 4.11. The van der Waals surface area contributed by atoms with Gasteiger partial charge in [0.15, 0.2) is 6.04 Å². The first-order valence-corrected chi connectivity index (χ1v) is 5.75. The van der Waals surface area contributed by atoms with Crippen LogP contribution in [0, 0.1) is 0 Å². The number of benzene rings is 1. The third kappa shape index (κ3) is 4.55. The number of nitrogens with one attached hydrogen (secondary N) is 1. The first-order valence-electron chi connectivity index (χ1n) is 5.75. The van der Waals surface area contributed by atoms with Gasteiger partial charge in [-0.1, -0.05) is 30.3 Å². The van der Waals surface area contributed by atoms with Crippen molar-refractivity contribution in [1.29, 1.82) is 0 Å². The molecule has 0 aliphatic heterocycles. The summed E-state index contributed by atoms with van der Waals surface area (Å²) in [7, 11) is 0. The molecule has 1 aromatic rings. The Morgan fingerprint density at radius 3 is 2.39 bits per heavy atom. The van der Waals surface area contributed by atoms with E-state index in [0.29, 0.717) is 6.42 Å². The summed E-state index contributed by atoms with van der Waals surface area (Å²) in [5.74, 6) is -1.62. The summed E-state index contributed by atoms with van der Waals surface area (Å²) in [5, 5.41) is 20.3. The van der Waals surface area contributed by atoms with Crippen LogP contribution in [0.15, 0.2) is 30.3 Å². The Balaban J connectivity index is 2.44. The predicted molar refractivity (Wildman–Crippen MR) is 66.0 cm³/mol. The van der Waals surface area contributed by atoms with Gasteiger partial charge in [0.2, 0.25) is 5.91 Å². The van der Waals surface area contributed by atoms with E-state index in [-0.39, 0.29) is 12.3 Å². The molecule has 0 saturated carbocycles. The number of aliphatic hydroxyl groups is 1. The summed E-state index contributed by atoms with van der Waals surface area (Å²) in [6.45, 7) is 1.33. The van der Waals surface area contributed by atoms with E-state index in [1.807, 2.05) is 30.3 Å². The average molecular weight is 251 g/mol. The largest absolute Gasteiger partial charge is 0.480 e. The lowest BCUT2D eigenvalue weighted by Crippen LogP contribution is -2.47. The van der Waals surface area contributed by atoms with Crippen molar-refractivity contribution in [2.45, 2.75) is 31.9 Å². The van der Waals surface area contributed by atoms with Gasteiger partial charge in [-0.25, -0.2) is 4.79 Å². The fourth-order valence-electron chi connectivity index (χ4n) is 1.54. The van der Waals surface area contributed by atoms with Crippen molar-refractivity contribution in [3.63, 3.8) is 0 Å². The normalized spacial score (nSPS) is 13.7. The molecule has 5 heteroatoms. The van der Waals surface area contributed by atoms with Gasteiger partial charge >= 0.3 is 5.97 Å². The summed E-state index contributed by atoms with van der Waals surface area (Å²) in [6, 6.07) is 8.19. The van der Waals surface area contributed by atoms with Gasteiger partial charge in [0.05, 0.1) is 6.10 Å². The second kappa shape index (κ2) is 6.76. The molecule has 0 aliphatic carbocycles. The van der Waals surface area contributed by atoms with Gasteiger partial charge in [0.1, 0.15) is 0 Å². The van der Waals surface area contributed by atoms with E-state index in [1.165, 1.54) is 6.92 Å². The highest BCUT2D eigenvalue weighted by molar-refractivity contribution is 5.84. The lowest BCUT2D eigenvalue weighted by molar-refractivity contribution is -0.144. The molecule has 0 radical (unpaired) electrons. The maximum Gasteiger partial charge on any atom is 0.328 e. The van der Waals surface area contributed by atoms with Gasteiger partial charge in [-0.2, -0.15) is 0 Å². The van der Waals surface area contributed by atoms with Crippen LogP contribution in [0.5, 0.6) is 0 Å². The molecule has 1 rings (SSSR count). The van der Waals surface area contributed by atoms with Crippen LogP contribution >= 0.6 is 0 Å². The number of amides is 1. The number of aliphatic hydroxyl groups excluding tert-OH is 1. The van der Waals surface area contributed by atoms with Gasteiger partial charge in [0, 0.05) is 6.42 Å². The molecule has 1 amide bonds. The molecule has 98 valence electrons. The lowest BCUT2D eigenvalue weighted by Gasteiger charge is -2.16. The van der Waals surface area contributed by atoms with E-state index in [0.717, 1.165) is 5.56 Å². The molecule has 0 unspecified atom stereocenters. The molecule has 0 spiro atoms. The fourth-order valence-corrected chi connectivity index (χ4v) is 1.54. The summed E-state index contributed by atoms with van der Waals surface area (Å²) in [5.41, 5.74) is 1.01. The molecule has 0 heterocycles. The predicted octanol–water partition coefficient (Wildman–Crippen LogP) is 0.569. The van der Waals surface area contributed by atoms with Gasteiger partial charge in [0.25, 0.3) is 0 Å². The number of aryl methyl sites for hydroxylation is 1. The quantitative estimate of drug-likeness (QED) is 0.690. The molecule has 0 bridgehead atoms. The van der Waals surface area contributed by atoms with E-state index in [2.05, 4.69) is 5.32 Å². The van der Waals surface area contributed by atoms with Crippen molar-refractivity contribution in [2.24, 2.45) is 0 Å². The third-order valence-electron chi connectivity index (χ3n) is 2.55. The monoisotopic (exact) mass is 251 g/mol. The van der Waals surface area contributed by atoms with Crippen molar-refractivity contribution < 1.29 is 19.8 Å². The summed E-state index contributed by atoms with van der Waals surface area (Å²) in [6.07, 6.45) is -0.387. The average Bonchev–Trinajstić information content (AvgIpc) is 2.34. The molecule has 0 fully saturated rings. The summed E-state index contributed by atoms with van der Waals surface area (Å²) in [4.78, 5) is 22.3. The first-order chi connectivity index (χ1) is 8.50. The number of carboxylic acid groups (broad SMARTS) is 1. The van der Waals surface area contributed by atoms with E-state index >= 15 is 0 Å². The Morgan fingerprint density at radius 2 is 1.89 bits per heavy atom. The smallest absolute Gasteiger partial charge is 0.328 e. The molecule has 1 aromatic carbocycles. The Morgan fingerprint density at radius 1 is 1.28 bits per heavy atom. The van der Waals surface area contributed by atoms with Crippen molar-refractivity contribution in [3.8, 4) is 0 Å². The fraction of sp³-hybridized carbons (Fsp3) is 0.385. The van der Waals surface area contributed by atoms with E-state index in [1.54, 1.807) is 0 Å². The Bertz CT molecular complexity index is 403. The maximum absolute atomic E-state index is 11.6. The van der Waals surface area contributed by atoms with E-state index in [4.69, 9.17) is 5.11 Å². The second-order valence-corrected chi connectivity index (χ2v) is 4.11. The van der Waals surface area contributed by atoms with Crippen molar-refractivity contribution >= 4 is 11.9 Å². The number of carboxylic acids is 1. The van der Waals surface area contributed by atoms with E-state index < -0.39 is 18.1 Å². The first kappa shape index (κ1) is 14.2. The Kier molecular flexibility index (Phi) is 5.32. The van der Waals surface area contributed by atoms with Crippen LogP contribution in [-0.2, 0) is 16.0 Å². The SMILES string of the molecule is C[C@@H](O)[C@H](NC(=O)CCc1ccccc1)C(=O)O. The van der Waals surface area contributed by atoms with Crippen molar-refractivity contribution in [3.05, 3.63) is 35.9 Å². The standard InChI is InChI=1S/C13H17NO4/c1-9(15)12(13(17)18)14-11(16)8-7-10-5-3-2-4-6-10/h2-6,9,12,15H,7-8H2,1H3,(H,14,16)(H,17,18)/t9-,12+/m1/s1. The number of carbonyl (C=O) groups excluding carboxylic acids is 1. The zero-order chi connectivity index (χ0) is 13.5. The molecule has 2 atom stereocenters. The minimum atomic E-state index is -1.26. The zero-order valence-electron chi connectivity index (χ0n) is 10.2. The Hall–Kier alpha value is -1.88. The maximum atomic E-state index is 11.6. The molecule has 18 heavy (non-hydrogen) atoms. The van der Waals surface area contributed by atoms with Crippen LogP contribution < -0.4 is 5.32 Å². The highest BCUT2D eigenvalue weighted by atomic mass is 16.4. The van der Waals surface area contributed by atoms with Gasteiger partial charge < -0.3 is 15.5 Å². The number of rotatable bonds is 6. The van der Waals surface area contributed by atoms with Gasteiger partial charge in [-0.05, 0) is 18.9 Å². The summed E-state index contributed by atoms with van der Waals surface area (Å²) < 4.78 is 0. The van der Waals surface area contributed by atoms with Gasteiger partial charge in [-0.3, -0.25) is 4.79 Å². The number of hydrogen-bond donors (Lipinski definition) is 3. The number of hydrogen-bond acceptors (Lipinski definition) is 3. The summed E-state index contributed by atoms with van der Waals surface area (Å²) >= 11 is 0. The molecule has 5 nitrogen and oxygen atoms in total. The third-order valence-corrected chi connectivity index (χ3v) is 2.55. The molecule has 3 N–H and O–H groups in total. The zero-order valence-corrected chi connectivity index (χ0v) is 10.2. The van der Waals surface area contributed by atoms with Crippen molar-refractivity contribution in [2.75, 3.05) is 0 Å². The molecule has 0 saturated heterocycles. The van der Waals surface area contributed by atoms with Gasteiger partial charge in [-0.15, -0.1) is 0 Å². The lowest BCUT2D eigenvalue weighted by atomic mass is 10.1. The molecular formula is C13H17NO4. The van der Waals surface area contributed by atoms with Crippen LogP contribution in [0.3, 0.4) is 0 Å². The van der Waals surface area contributed by atoms with Crippen LogP contribution in [-0.4, -0.2) is 34.2 Å². The molecular weight excluding hydrogens is 234 g/mol. The highest BCUT2D eigenvalue weighted by Gasteiger charge is 2.24. The molecule has 0 aliphatic rings. The topological polar surface area (TPSA) is 86.6 Å². The van der Waals surface area contributed by atoms with Crippen LogP contribution in [0.2, 0.25) is 0 Å². The van der Waals surface area contributed by atoms with Crippen LogP contribution in [0.25, 0.3) is 0 Å². The highest BCUT2D eigenvalue weighted by Crippen LogP contribution is 2.03. The Labute approximate surface area is 105 Å². The minimum Gasteiger partial charge on any atom is -0.480 e. The number of carbonyl (C=O) groups is 2. The van der Waals surface area contributed by atoms with Crippen LogP contribution in [0.4, 0.5) is 0 Å². The van der Waals surface area contributed by atoms with Crippen molar-refractivity contribution in [1.82, 2.24) is 5.32 Å².